The van der Waals surface area contributed by atoms with E-state index < -0.39 is 0 Å². The summed E-state index contributed by atoms with van der Waals surface area (Å²) in [5.41, 5.74) is 4.95. The molecule has 0 aliphatic carbocycles. The monoisotopic (exact) mass is 306 g/mol. The van der Waals surface area contributed by atoms with E-state index in [1.165, 1.54) is 6.92 Å². The van der Waals surface area contributed by atoms with Crippen molar-refractivity contribution in [3.63, 3.8) is 0 Å². The summed E-state index contributed by atoms with van der Waals surface area (Å²) in [4.78, 5) is 15.9. The summed E-state index contributed by atoms with van der Waals surface area (Å²) < 4.78 is 0. The van der Waals surface area contributed by atoms with E-state index in [0.29, 0.717) is 0 Å². The molecule has 0 aliphatic rings. The Morgan fingerprint density at radius 1 is 1.00 bits per heavy atom. The van der Waals surface area contributed by atoms with Gasteiger partial charge in [0.05, 0.1) is 11.2 Å². The molecule has 0 saturated heterocycles. The summed E-state index contributed by atoms with van der Waals surface area (Å²) in [6.07, 6.45) is 0. The summed E-state index contributed by atoms with van der Waals surface area (Å²) in [6, 6.07) is 18.0. The van der Waals surface area contributed by atoms with Crippen LogP contribution in [0, 0.1) is 6.92 Å². The number of fused-ring (bicyclic) bond motifs is 1. The quantitative estimate of drug-likeness (QED) is 0.707. The van der Waals surface area contributed by atoms with Gasteiger partial charge in [0, 0.05) is 23.6 Å². The largest absolute Gasteiger partial charge is 0.326 e. The number of amides is 1. The van der Waals surface area contributed by atoms with Gasteiger partial charge in [-0.3, -0.25) is 4.79 Å². The minimum absolute atomic E-state index is 0.0686. The fraction of sp³-hybridized carbons (Fsp3) is 0.200. The van der Waals surface area contributed by atoms with Gasteiger partial charge in [0.2, 0.25) is 5.91 Å². The van der Waals surface area contributed by atoms with Crippen molar-refractivity contribution in [2.45, 2.75) is 27.7 Å². The molecule has 0 spiro atoms. The first-order valence-corrected chi connectivity index (χ1v) is 7.88. The van der Waals surface area contributed by atoms with E-state index in [0.717, 1.165) is 33.4 Å². The van der Waals surface area contributed by atoms with Gasteiger partial charge in [-0.25, -0.2) is 4.98 Å². The standard InChI is InChI=1S/C18H16N2O.C2H6/c1-12-10-18(14-6-4-3-5-7-14)20-17-9-8-15(11-16(12)17)19-13(2)21;1-2/h3-11H,1-2H3,(H,19,21);1-2H3. The molecule has 1 heterocycles. The maximum atomic E-state index is 11.1. The van der Waals surface area contributed by atoms with Crippen LogP contribution in [0.3, 0.4) is 0 Å². The molecule has 0 unspecified atom stereocenters. The molecule has 0 bridgehead atoms. The number of anilines is 1. The predicted molar refractivity (Wildman–Crippen MR) is 97.6 cm³/mol. The van der Waals surface area contributed by atoms with Crippen LogP contribution in [0.1, 0.15) is 26.3 Å². The summed E-state index contributed by atoms with van der Waals surface area (Å²) in [5.74, 6) is -0.0686. The second kappa shape index (κ2) is 7.54. The Labute approximate surface area is 137 Å². The fourth-order valence-electron chi connectivity index (χ4n) is 2.43. The topological polar surface area (TPSA) is 42.0 Å². The number of carbonyl (C=O) groups excluding carboxylic acids is 1. The zero-order valence-corrected chi connectivity index (χ0v) is 14.1. The van der Waals surface area contributed by atoms with Gasteiger partial charge in [-0.2, -0.15) is 0 Å². The number of hydrogen-bond donors (Lipinski definition) is 1. The summed E-state index contributed by atoms with van der Waals surface area (Å²) in [7, 11) is 0. The van der Waals surface area contributed by atoms with Gasteiger partial charge in [0.25, 0.3) is 0 Å². The van der Waals surface area contributed by atoms with Crippen LogP contribution in [-0.2, 0) is 4.79 Å². The Hall–Kier alpha value is -2.68. The van der Waals surface area contributed by atoms with Crippen molar-refractivity contribution in [3.05, 3.63) is 60.2 Å². The lowest BCUT2D eigenvalue weighted by molar-refractivity contribution is -0.114. The molecule has 3 nitrogen and oxygen atoms in total. The zero-order chi connectivity index (χ0) is 16.8. The molecule has 23 heavy (non-hydrogen) atoms. The summed E-state index contributed by atoms with van der Waals surface area (Å²) in [5, 5.41) is 3.86. The Kier molecular flexibility index (Phi) is 5.47. The SMILES string of the molecule is CC.CC(=O)Nc1ccc2nc(-c3ccccc3)cc(C)c2c1. The third kappa shape index (κ3) is 3.95. The third-order valence-electron chi connectivity index (χ3n) is 3.41. The Morgan fingerprint density at radius 3 is 2.35 bits per heavy atom. The van der Waals surface area contributed by atoms with Crippen LogP contribution in [0.4, 0.5) is 5.69 Å². The molecule has 0 fully saturated rings. The number of aromatic nitrogens is 1. The zero-order valence-electron chi connectivity index (χ0n) is 14.1. The van der Waals surface area contributed by atoms with Crippen molar-refractivity contribution in [2.75, 3.05) is 5.32 Å². The van der Waals surface area contributed by atoms with E-state index in [1.54, 1.807) is 0 Å². The molecule has 2 aromatic carbocycles. The Morgan fingerprint density at radius 2 is 1.70 bits per heavy atom. The second-order valence-corrected chi connectivity index (χ2v) is 5.10. The first-order valence-electron chi connectivity index (χ1n) is 7.88. The maximum Gasteiger partial charge on any atom is 0.221 e. The molecule has 0 saturated carbocycles. The van der Waals surface area contributed by atoms with Gasteiger partial charge in [0.15, 0.2) is 0 Å². The van der Waals surface area contributed by atoms with E-state index in [1.807, 2.05) is 50.2 Å². The van der Waals surface area contributed by atoms with Crippen LogP contribution in [0.15, 0.2) is 54.6 Å². The summed E-state index contributed by atoms with van der Waals surface area (Å²) >= 11 is 0. The second-order valence-electron chi connectivity index (χ2n) is 5.10. The van der Waals surface area contributed by atoms with Gasteiger partial charge in [-0.05, 0) is 36.8 Å². The number of hydrogen-bond acceptors (Lipinski definition) is 2. The lowest BCUT2D eigenvalue weighted by Crippen LogP contribution is -2.05. The van der Waals surface area contributed by atoms with Gasteiger partial charge in [0.1, 0.15) is 0 Å². The maximum absolute atomic E-state index is 11.1. The van der Waals surface area contributed by atoms with Gasteiger partial charge >= 0.3 is 0 Å². The van der Waals surface area contributed by atoms with Gasteiger partial charge in [-0.1, -0.05) is 44.2 Å². The van der Waals surface area contributed by atoms with Crippen molar-refractivity contribution in [2.24, 2.45) is 0 Å². The van der Waals surface area contributed by atoms with Gasteiger partial charge < -0.3 is 5.32 Å². The van der Waals surface area contributed by atoms with Crippen molar-refractivity contribution in [1.29, 1.82) is 0 Å². The van der Waals surface area contributed by atoms with Crippen molar-refractivity contribution in [1.82, 2.24) is 4.98 Å². The Balaban J connectivity index is 0.000000924. The van der Waals surface area contributed by atoms with E-state index in [4.69, 9.17) is 4.98 Å². The highest BCUT2D eigenvalue weighted by molar-refractivity contribution is 5.93. The fourth-order valence-corrected chi connectivity index (χ4v) is 2.43. The molecule has 0 atom stereocenters. The normalized spacial score (nSPS) is 9.91. The first-order chi connectivity index (χ1) is 11.1. The van der Waals surface area contributed by atoms with Crippen LogP contribution in [0.2, 0.25) is 0 Å². The number of pyridine rings is 1. The van der Waals surface area contributed by atoms with Crippen molar-refractivity contribution < 1.29 is 4.79 Å². The highest BCUT2D eigenvalue weighted by atomic mass is 16.1. The third-order valence-corrected chi connectivity index (χ3v) is 3.41. The van der Waals surface area contributed by atoms with Crippen molar-refractivity contribution in [3.8, 4) is 11.3 Å². The lowest BCUT2D eigenvalue weighted by atomic mass is 10.0. The smallest absolute Gasteiger partial charge is 0.221 e. The average molecular weight is 306 g/mol. The molecular weight excluding hydrogens is 284 g/mol. The van der Waals surface area contributed by atoms with E-state index in [-0.39, 0.29) is 5.91 Å². The van der Waals surface area contributed by atoms with Crippen LogP contribution in [0.25, 0.3) is 22.2 Å². The van der Waals surface area contributed by atoms with Crippen LogP contribution in [0.5, 0.6) is 0 Å². The molecule has 3 rings (SSSR count). The number of rotatable bonds is 2. The van der Waals surface area contributed by atoms with Crippen LogP contribution >= 0.6 is 0 Å². The molecule has 3 aromatic rings. The number of benzene rings is 2. The minimum atomic E-state index is -0.0686. The summed E-state index contributed by atoms with van der Waals surface area (Å²) in [6.45, 7) is 7.57. The first kappa shape index (κ1) is 16.7. The van der Waals surface area contributed by atoms with Crippen LogP contribution in [-0.4, -0.2) is 10.9 Å². The van der Waals surface area contributed by atoms with Gasteiger partial charge in [-0.15, -0.1) is 0 Å². The molecule has 1 amide bonds. The molecular formula is C20H22N2O. The number of nitrogens with zero attached hydrogens (tertiary/aromatic N) is 1. The van der Waals surface area contributed by atoms with E-state index in [2.05, 4.69) is 30.4 Å². The molecule has 3 heteroatoms. The van der Waals surface area contributed by atoms with Crippen LogP contribution < -0.4 is 5.32 Å². The number of aryl methyl sites for hydroxylation is 1. The predicted octanol–water partition coefficient (Wildman–Crippen LogP) is 5.19. The number of nitrogens with one attached hydrogen (secondary N) is 1. The number of carbonyl (C=O) groups is 1. The molecule has 0 aliphatic heterocycles. The molecule has 1 N–H and O–H groups in total. The highest BCUT2D eigenvalue weighted by Gasteiger charge is 2.06. The van der Waals surface area contributed by atoms with E-state index >= 15 is 0 Å². The average Bonchev–Trinajstić information content (AvgIpc) is 2.57. The molecule has 1 aromatic heterocycles. The highest BCUT2D eigenvalue weighted by Crippen LogP contribution is 2.26. The molecule has 0 radical (unpaired) electrons. The molecule has 118 valence electrons. The lowest BCUT2D eigenvalue weighted by Gasteiger charge is -2.09. The van der Waals surface area contributed by atoms with Crippen molar-refractivity contribution >= 4 is 22.5 Å². The van der Waals surface area contributed by atoms with E-state index in [9.17, 15) is 4.79 Å². The Bertz CT molecular complexity index is 810. The minimum Gasteiger partial charge on any atom is -0.326 e.